The van der Waals surface area contributed by atoms with E-state index in [-0.39, 0.29) is 11.6 Å². The lowest BCUT2D eigenvalue weighted by atomic mass is 9.92. The molecule has 4 rings (SSSR count). The molecule has 3 heterocycles. The van der Waals surface area contributed by atoms with Crippen LogP contribution < -0.4 is 16.2 Å². The molecular weight excluding hydrogens is 395 g/mol. The van der Waals surface area contributed by atoms with Gasteiger partial charge in [-0.3, -0.25) is 9.67 Å². The largest absolute Gasteiger partial charge is 0.482 e. The van der Waals surface area contributed by atoms with Crippen LogP contribution in [-0.4, -0.2) is 27.0 Å². The highest BCUT2D eigenvalue weighted by atomic mass is 19.1. The molecule has 0 radical (unpaired) electrons. The number of halogens is 1. The Morgan fingerprint density at radius 2 is 2.13 bits per heavy atom. The van der Waals surface area contributed by atoms with Crippen LogP contribution in [0.25, 0.3) is 11.1 Å². The fraction of sp³-hybridized carbons (Fsp3) is 0.261. The van der Waals surface area contributed by atoms with Crippen LogP contribution in [0.5, 0.6) is 5.75 Å². The van der Waals surface area contributed by atoms with Crippen molar-refractivity contribution in [2.24, 2.45) is 17.8 Å². The first-order chi connectivity index (χ1) is 14.9. The maximum atomic E-state index is 14.2. The maximum Gasteiger partial charge on any atom is 0.166 e. The van der Waals surface area contributed by atoms with E-state index in [9.17, 15) is 4.39 Å². The molecule has 0 spiro atoms. The molecule has 3 aromatic rings. The second kappa shape index (κ2) is 8.22. The zero-order valence-electron chi connectivity index (χ0n) is 17.8. The van der Waals surface area contributed by atoms with Crippen LogP contribution in [0.3, 0.4) is 0 Å². The number of rotatable bonds is 1. The third-order valence-corrected chi connectivity index (χ3v) is 5.29. The Morgan fingerprint density at radius 1 is 1.32 bits per heavy atom. The lowest BCUT2D eigenvalue weighted by Gasteiger charge is -2.21. The summed E-state index contributed by atoms with van der Waals surface area (Å²) in [6.07, 6.45) is 5.10. The summed E-state index contributed by atoms with van der Waals surface area (Å²) in [7, 11) is 1.86. The van der Waals surface area contributed by atoms with E-state index in [0.717, 1.165) is 28.0 Å². The number of hydrogen-bond acceptors (Lipinski definition) is 6. The second-order valence-corrected chi connectivity index (χ2v) is 7.45. The van der Waals surface area contributed by atoms with Gasteiger partial charge in [0.15, 0.2) is 11.6 Å². The van der Waals surface area contributed by atoms with Gasteiger partial charge in [0.1, 0.15) is 11.9 Å². The smallest absolute Gasteiger partial charge is 0.166 e. The predicted molar refractivity (Wildman–Crippen MR) is 119 cm³/mol. The van der Waals surface area contributed by atoms with Gasteiger partial charge in [-0.2, -0.15) is 5.10 Å². The van der Waals surface area contributed by atoms with E-state index < -0.39 is 6.10 Å². The molecule has 4 N–H and O–H groups in total. The Balaban J connectivity index is 2.00. The predicted octanol–water partition coefficient (Wildman–Crippen LogP) is 3.55. The number of hydrogen-bond donors (Lipinski definition) is 2. The maximum absolute atomic E-state index is 14.2. The van der Waals surface area contributed by atoms with Crippen LogP contribution in [0.4, 0.5) is 10.2 Å². The van der Waals surface area contributed by atoms with Crippen molar-refractivity contribution in [1.82, 2.24) is 14.8 Å². The number of aromatic nitrogens is 3. The summed E-state index contributed by atoms with van der Waals surface area (Å²) in [6, 6.07) is 6.48. The minimum atomic E-state index is -0.478. The van der Waals surface area contributed by atoms with Crippen LogP contribution in [0.15, 0.2) is 53.4 Å². The van der Waals surface area contributed by atoms with Gasteiger partial charge in [0.2, 0.25) is 0 Å². The summed E-state index contributed by atoms with van der Waals surface area (Å²) in [6.45, 7) is 4.39. The number of aliphatic imine (C=N–C) groups is 1. The number of aryl methyl sites for hydroxylation is 1. The first kappa shape index (κ1) is 20.6. The number of nitrogen functional groups attached to an aromatic ring is 1. The number of allylic oxidation sites excluding steroid dienone is 1. The average Bonchev–Trinajstić information content (AvgIpc) is 3.11. The Kier molecular flexibility index (Phi) is 5.46. The Bertz CT molecular complexity index is 1200. The molecule has 31 heavy (non-hydrogen) atoms. The SMILES string of the molecule is CCN=C1C(=CN)Cc2nn(C)cc2-c2ccc(F)cc2[C@@H](C)Oc2cc1cnc2N. The summed E-state index contributed by atoms with van der Waals surface area (Å²) in [5.74, 6) is 0.320. The van der Waals surface area contributed by atoms with Crippen molar-refractivity contribution in [2.75, 3.05) is 12.3 Å². The highest BCUT2D eigenvalue weighted by Crippen LogP contribution is 2.36. The molecule has 1 aliphatic rings. The number of nitrogens with zero attached hydrogens (tertiary/aromatic N) is 4. The molecule has 8 heteroatoms. The van der Waals surface area contributed by atoms with E-state index >= 15 is 0 Å². The van der Waals surface area contributed by atoms with Crippen LogP contribution in [0, 0.1) is 5.82 Å². The Morgan fingerprint density at radius 3 is 2.87 bits per heavy atom. The average molecular weight is 420 g/mol. The van der Waals surface area contributed by atoms with Crippen molar-refractivity contribution in [3.05, 3.63) is 71.1 Å². The first-order valence-corrected chi connectivity index (χ1v) is 10.1. The molecule has 1 aromatic carbocycles. The monoisotopic (exact) mass is 420 g/mol. The number of pyridine rings is 1. The van der Waals surface area contributed by atoms with Crippen molar-refractivity contribution < 1.29 is 9.13 Å². The van der Waals surface area contributed by atoms with E-state index in [1.807, 2.05) is 27.1 Å². The molecule has 0 amide bonds. The number of ether oxygens (including phenoxy) is 1. The number of nitrogens with two attached hydrogens (primary N) is 2. The van der Waals surface area contributed by atoms with E-state index in [0.29, 0.717) is 30.0 Å². The third-order valence-electron chi connectivity index (χ3n) is 5.29. The molecular formula is C23H25FN6O. The van der Waals surface area contributed by atoms with Gasteiger partial charge >= 0.3 is 0 Å². The summed E-state index contributed by atoms with van der Waals surface area (Å²) in [5, 5.41) is 4.66. The van der Waals surface area contributed by atoms with E-state index in [1.165, 1.54) is 12.1 Å². The summed E-state index contributed by atoms with van der Waals surface area (Å²) < 4.78 is 22.1. The topological polar surface area (TPSA) is 104 Å². The lowest BCUT2D eigenvalue weighted by Crippen LogP contribution is -2.15. The molecule has 1 aliphatic heterocycles. The third kappa shape index (κ3) is 3.88. The van der Waals surface area contributed by atoms with Gasteiger partial charge in [-0.05, 0) is 49.4 Å². The van der Waals surface area contributed by atoms with E-state index in [1.54, 1.807) is 29.2 Å². The Labute approximate surface area is 180 Å². The number of fused-ring (bicyclic) bond motifs is 5. The van der Waals surface area contributed by atoms with Gasteiger partial charge in [0.05, 0.1) is 11.4 Å². The molecule has 0 saturated heterocycles. The quantitative estimate of drug-likeness (QED) is 0.626. The highest BCUT2D eigenvalue weighted by Gasteiger charge is 2.23. The van der Waals surface area contributed by atoms with Gasteiger partial charge in [-0.15, -0.1) is 0 Å². The van der Waals surface area contributed by atoms with Gasteiger partial charge < -0.3 is 16.2 Å². The number of anilines is 1. The van der Waals surface area contributed by atoms with Crippen LogP contribution in [0.1, 0.15) is 36.8 Å². The van der Waals surface area contributed by atoms with Gasteiger partial charge in [-0.1, -0.05) is 6.07 Å². The molecule has 0 aliphatic carbocycles. The van der Waals surface area contributed by atoms with E-state index in [4.69, 9.17) is 16.2 Å². The van der Waals surface area contributed by atoms with Crippen LogP contribution in [0.2, 0.25) is 0 Å². The van der Waals surface area contributed by atoms with Crippen LogP contribution in [-0.2, 0) is 13.5 Å². The second-order valence-electron chi connectivity index (χ2n) is 7.45. The normalized spacial score (nSPS) is 18.6. The fourth-order valence-electron chi connectivity index (χ4n) is 3.88. The zero-order valence-corrected chi connectivity index (χ0v) is 17.8. The highest BCUT2D eigenvalue weighted by molar-refractivity contribution is 6.13. The zero-order chi connectivity index (χ0) is 22.1. The van der Waals surface area contributed by atoms with Crippen molar-refractivity contribution in [1.29, 1.82) is 0 Å². The Hall–Kier alpha value is -3.68. The molecule has 0 saturated carbocycles. The van der Waals surface area contributed by atoms with Crippen molar-refractivity contribution in [3.8, 4) is 16.9 Å². The van der Waals surface area contributed by atoms with Gasteiger partial charge in [0.25, 0.3) is 0 Å². The van der Waals surface area contributed by atoms with Crippen molar-refractivity contribution in [3.63, 3.8) is 0 Å². The summed E-state index contributed by atoms with van der Waals surface area (Å²) in [5.41, 5.74) is 17.6. The molecule has 2 bridgehead atoms. The van der Waals surface area contributed by atoms with Gasteiger partial charge in [-0.25, -0.2) is 9.37 Å². The molecule has 0 unspecified atom stereocenters. The first-order valence-electron chi connectivity index (χ1n) is 10.1. The standard InChI is InChI=1S/C23H25FN6O/c1-4-27-22-14(10-25)7-20-19(12-30(3)29-20)17-6-5-16(24)9-18(17)13(2)31-21-8-15(22)11-28-23(21)26/h5-6,8-13H,4,7,25H2,1-3H3,(H2,26,28)/t13-/m1/s1. The molecule has 0 fully saturated rings. The van der Waals surface area contributed by atoms with E-state index in [2.05, 4.69) is 15.1 Å². The van der Waals surface area contributed by atoms with Gasteiger partial charge in [0, 0.05) is 49.1 Å². The van der Waals surface area contributed by atoms with Crippen molar-refractivity contribution in [2.45, 2.75) is 26.4 Å². The number of benzene rings is 1. The molecule has 160 valence electrons. The minimum Gasteiger partial charge on any atom is -0.482 e. The fourth-order valence-corrected chi connectivity index (χ4v) is 3.88. The minimum absolute atomic E-state index is 0.252. The summed E-state index contributed by atoms with van der Waals surface area (Å²) >= 11 is 0. The molecule has 2 aromatic heterocycles. The van der Waals surface area contributed by atoms with Crippen LogP contribution >= 0.6 is 0 Å². The molecule has 1 atom stereocenters. The van der Waals surface area contributed by atoms with Crippen molar-refractivity contribution >= 4 is 11.5 Å². The lowest BCUT2D eigenvalue weighted by molar-refractivity contribution is 0.227. The summed E-state index contributed by atoms with van der Waals surface area (Å²) in [4.78, 5) is 8.97. The molecule has 7 nitrogen and oxygen atoms in total.